The van der Waals surface area contributed by atoms with Gasteiger partial charge >= 0.3 is 0 Å². The van der Waals surface area contributed by atoms with Crippen molar-refractivity contribution >= 4 is 26.5 Å². The number of nitrogens with two attached hydrogens (primary N) is 1. The fourth-order valence-electron chi connectivity index (χ4n) is 2.56. The molecule has 2 aliphatic heterocycles. The lowest BCUT2D eigenvalue weighted by atomic mass is 10.1. The molecule has 0 saturated carbocycles. The Morgan fingerprint density at radius 1 is 1.17 bits per heavy atom. The Kier molecular flexibility index (Phi) is 5.02. The Bertz CT molecular complexity index is 755. The number of allylic oxidation sites excluding steroid dienone is 2. The summed E-state index contributed by atoms with van der Waals surface area (Å²) in [6.45, 7) is -0.390. The molecule has 1 saturated heterocycles. The average Bonchev–Trinajstić information content (AvgIpc) is 3.32. The standard InChI is InChI=1S/C10H13N5O4.C4H6Si/c11-8-5-9(13-2-12-8)15(3-14-5)10-7(18)6(17)4(1-16)19-10;1-2-4-5-3-1/h2-4,6-7,10,16-18H,1H2,(H2,11,12,13);1-4H,5H2/t4-,6-,7-,10-;/m1./s1. The number of nitrogen functional groups attached to an aromatic ring is 1. The predicted molar refractivity (Wildman–Crippen MR) is 89.6 cm³/mol. The molecule has 0 aliphatic carbocycles. The second kappa shape index (κ2) is 7.19. The van der Waals surface area contributed by atoms with Gasteiger partial charge in [-0.05, 0) is 0 Å². The topological polar surface area (TPSA) is 140 Å². The Morgan fingerprint density at radius 3 is 2.50 bits per heavy atom. The van der Waals surface area contributed by atoms with Gasteiger partial charge in [-0.25, -0.2) is 15.0 Å². The normalized spacial score (nSPS) is 28.3. The third-order valence-electron chi connectivity index (χ3n) is 3.83. The highest BCUT2D eigenvalue weighted by molar-refractivity contribution is 6.49. The van der Waals surface area contributed by atoms with Crippen LogP contribution in [-0.2, 0) is 4.74 Å². The van der Waals surface area contributed by atoms with E-state index >= 15 is 0 Å². The minimum Gasteiger partial charge on any atom is -0.394 e. The van der Waals surface area contributed by atoms with Crippen LogP contribution in [0.25, 0.3) is 11.2 Å². The maximum absolute atomic E-state index is 9.95. The van der Waals surface area contributed by atoms with Crippen molar-refractivity contribution < 1.29 is 20.1 Å². The van der Waals surface area contributed by atoms with E-state index in [-0.39, 0.29) is 15.3 Å². The van der Waals surface area contributed by atoms with Crippen molar-refractivity contribution in [2.24, 2.45) is 0 Å². The molecular weight excluding hydrogens is 330 g/mol. The molecule has 0 amide bonds. The number of aromatic nitrogens is 4. The van der Waals surface area contributed by atoms with Crippen LogP contribution in [0.1, 0.15) is 6.23 Å². The summed E-state index contributed by atoms with van der Waals surface area (Å²) in [5, 5.41) is 28.7. The van der Waals surface area contributed by atoms with Crippen LogP contribution in [0.5, 0.6) is 0 Å². The molecule has 0 unspecified atom stereocenters. The van der Waals surface area contributed by atoms with Gasteiger partial charge in [-0.3, -0.25) is 4.57 Å². The Hall–Kier alpha value is -2.11. The maximum atomic E-state index is 9.95. The van der Waals surface area contributed by atoms with E-state index < -0.39 is 31.1 Å². The Balaban J connectivity index is 0.000000290. The van der Waals surface area contributed by atoms with Crippen LogP contribution in [0.4, 0.5) is 5.82 Å². The first kappa shape index (κ1) is 16.7. The van der Waals surface area contributed by atoms with Crippen LogP contribution in [0.3, 0.4) is 0 Å². The zero-order chi connectivity index (χ0) is 17.1. The number of aliphatic hydroxyl groups is 3. The lowest BCUT2D eigenvalue weighted by molar-refractivity contribution is -0.0511. The Morgan fingerprint density at radius 2 is 1.92 bits per heavy atom. The first-order valence-corrected chi connectivity index (χ1v) is 9.14. The van der Waals surface area contributed by atoms with Crippen molar-refractivity contribution in [3.05, 3.63) is 36.2 Å². The molecule has 0 radical (unpaired) electrons. The second-order valence-electron chi connectivity index (χ2n) is 5.40. The van der Waals surface area contributed by atoms with Gasteiger partial charge in [-0.2, -0.15) is 0 Å². The molecule has 2 aromatic rings. The zero-order valence-electron chi connectivity index (χ0n) is 12.8. The van der Waals surface area contributed by atoms with Gasteiger partial charge in [-0.15, -0.1) is 0 Å². The van der Waals surface area contributed by atoms with E-state index in [9.17, 15) is 10.2 Å². The molecule has 0 spiro atoms. The number of anilines is 1. The van der Waals surface area contributed by atoms with Gasteiger partial charge in [-0.1, -0.05) is 23.6 Å². The van der Waals surface area contributed by atoms with Gasteiger partial charge < -0.3 is 25.8 Å². The molecule has 0 aromatic carbocycles. The highest BCUT2D eigenvalue weighted by Gasteiger charge is 2.43. The summed E-state index contributed by atoms with van der Waals surface area (Å²) < 4.78 is 6.85. The molecule has 9 nitrogen and oxygen atoms in total. The predicted octanol–water partition coefficient (Wildman–Crippen LogP) is -1.78. The third-order valence-corrected chi connectivity index (χ3v) is 4.92. The lowest BCUT2D eigenvalue weighted by Gasteiger charge is -2.16. The number of hydrogen-bond donors (Lipinski definition) is 4. The van der Waals surface area contributed by atoms with E-state index in [1.165, 1.54) is 17.2 Å². The molecule has 5 N–H and O–H groups in total. The van der Waals surface area contributed by atoms with Crippen LogP contribution in [0.2, 0.25) is 0 Å². The summed E-state index contributed by atoms with van der Waals surface area (Å²) in [6, 6.07) is 0. The van der Waals surface area contributed by atoms with E-state index in [1.807, 2.05) is 0 Å². The summed E-state index contributed by atoms with van der Waals surface area (Å²) in [7, 11) is 0.182. The minimum absolute atomic E-state index is 0.182. The largest absolute Gasteiger partial charge is 0.394 e. The van der Waals surface area contributed by atoms with E-state index in [0.29, 0.717) is 11.2 Å². The van der Waals surface area contributed by atoms with Crippen LogP contribution < -0.4 is 5.73 Å². The first-order chi connectivity index (χ1) is 11.6. The van der Waals surface area contributed by atoms with Crippen LogP contribution in [-0.4, -0.2) is 69.3 Å². The van der Waals surface area contributed by atoms with Crippen LogP contribution in [0, 0.1) is 0 Å². The molecule has 128 valence electrons. The second-order valence-corrected chi connectivity index (χ2v) is 6.82. The molecule has 4 atom stereocenters. The van der Waals surface area contributed by atoms with Crippen molar-refractivity contribution in [2.75, 3.05) is 12.3 Å². The van der Waals surface area contributed by atoms with Gasteiger partial charge in [0, 0.05) is 0 Å². The molecule has 2 aliphatic rings. The van der Waals surface area contributed by atoms with E-state index in [4.69, 9.17) is 15.6 Å². The average molecular weight is 349 g/mol. The molecule has 4 rings (SSSR count). The van der Waals surface area contributed by atoms with Gasteiger partial charge in [0.05, 0.1) is 22.5 Å². The summed E-state index contributed by atoms with van der Waals surface area (Å²) >= 11 is 0. The number of aliphatic hydroxyl groups excluding tert-OH is 3. The highest BCUT2D eigenvalue weighted by atomic mass is 28.2. The van der Waals surface area contributed by atoms with Crippen LogP contribution >= 0.6 is 0 Å². The number of hydrogen-bond acceptors (Lipinski definition) is 8. The smallest absolute Gasteiger partial charge is 0.167 e. The third kappa shape index (κ3) is 3.09. The molecule has 10 heteroatoms. The van der Waals surface area contributed by atoms with Crippen molar-refractivity contribution in [1.82, 2.24) is 19.5 Å². The van der Waals surface area contributed by atoms with Gasteiger partial charge in [0.2, 0.25) is 0 Å². The molecule has 2 aromatic heterocycles. The number of nitrogens with zero attached hydrogens (tertiary/aromatic N) is 4. The summed E-state index contributed by atoms with van der Waals surface area (Å²) in [5.74, 6) is 0.218. The van der Waals surface area contributed by atoms with E-state index in [0.717, 1.165) is 0 Å². The number of imidazole rings is 1. The Labute approximate surface area is 140 Å². The summed E-state index contributed by atoms with van der Waals surface area (Å²) in [5.41, 5.74) is 11.0. The maximum Gasteiger partial charge on any atom is 0.167 e. The monoisotopic (exact) mass is 349 g/mol. The van der Waals surface area contributed by atoms with Crippen molar-refractivity contribution in [2.45, 2.75) is 24.5 Å². The quantitative estimate of drug-likeness (QED) is 0.466. The number of ether oxygens (including phenoxy) is 1. The summed E-state index contributed by atoms with van der Waals surface area (Å²) in [6.07, 6.45) is 2.81. The van der Waals surface area contributed by atoms with E-state index in [1.54, 1.807) is 0 Å². The van der Waals surface area contributed by atoms with Crippen molar-refractivity contribution in [3.63, 3.8) is 0 Å². The SMILES string of the molecule is C1=C[SiH2]C=C1.Nc1ncnc2c1ncn2[C@@H]1O[C@H](CO)[C@@H](O)[C@H]1O. The number of rotatable bonds is 2. The fraction of sp³-hybridized carbons (Fsp3) is 0.357. The highest BCUT2D eigenvalue weighted by Crippen LogP contribution is 2.31. The molecule has 4 heterocycles. The zero-order valence-corrected chi connectivity index (χ0v) is 14.2. The fourth-order valence-corrected chi connectivity index (χ4v) is 3.34. The first-order valence-electron chi connectivity index (χ1n) is 7.50. The van der Waals surface area contributed by atoms with Gasteiger partial charge in [0.25, 0.3) is 0 Å². The molecule has 24 heavy (non-hydrogen) atoms. The van der Waals surface area contributed by atoms with Gasteiger partial charge in [0.1, 0.15) is 30.2 Å². The summed E-state index contributed by atoms with van der Waals surface area (Å²) in [4.78, 5) is 11.9. The number of fused-ring (bicyclic) bond motifs is 1. The minimum atomic E-state index is -1.19. The van der Waals surface area contributed by atoms with Crippen molar-refractivity contribution in [1.29, 1.82) is 0 Å². The lowest BCUT2D eigenvalue weighted by Crippen LogP contribution is -2.33. The van der Waals surface area contributed by atoms with E-state index in [2.05, 4.69) is 38.5 Å². The molecular formula is C14H19N5O4Si. The molecule has 0 bridgehead atoms. The molecule has 1 fully saturated rings. The van der Waals surface area contributed by atoms with Crippen molar-refractivity contribution in [3.8, 4) is 0 Å². The van der Waals surface area contributed by atoms with Gasteiger partial charge in [0.15, 0.2) is 17.7 Å². The van der Waals surface area contributed by atoms with Crippen LogP contribution in [0.15, 0.2) is 36.2 Å².